The molecule has 1 fully saturated rings. The zero-order chi connectivity index (χ0) is 14.9. The molecule has 4 rings (SSSR count). The van der Waals surface area contributed by atoms with E-state index in [1.54, 1.807) is 16.8 Å². The molecule has 0 unspecified atom stereocenters. The molecule has 1 aliphatic rings. The quantitative estimate of drug-likeness (QED) is 0.744. The van der Waals surface area contributed by atoms with Crippen molar-refractivity contribution in [3.8, 4) is 0 Å². The number of hydrogen-bond donors (Lipinski definition) is 0. The third-order valence-electron chi connectivity index (χ3n) is 4.71. The Kier molecular flexibility index (Phi) is 3.29. The smallest absolute Gasteiger partial charge is 0.328 e. The third kappa shape index (κ3) is 2.34. The summed E-state index contributed by atoms with van der Waals surface area (Å²) in [4.78, 5) is 15.5. The molecule has 0 atom stereocenters. The van der Waals surface area contributed by atoms with Gasteiger partial charge >= 0.3 is 5.69 Å². The molecule has 0 spiro atoms. The van der Waals surface area contributed by atoms with Gasteiger partial charge in [-0.25, -0.2) is 9.78 Å². The van der Waals surface area contributed by atoms with Crippen LogP contribution in [0.5, 0.6) is 0 Å². The minimum absolute atomic E-state index is 0.229. The number of nitrogens with zero attached hydrogens (tertiary/aromatic N) is 3. The average Bonchev–Trinajstić information content (AvgIpc) is 3.19. The summed E-state index contributed by atoms with van der Waals surface area (Å²) in [5, 5.41) is 0. The van der Waals surface area contributed by atoms with Gasteiger partial charge in [0.05, 0.1) is 0 Å². The van der Waals surface area contributed by atoms with Gasteiger partial charge in [0.15, 0.2) is 0 Å². The maximum atomic E-state index is 11.7. The standard InChI is InChI=1S/C18H19N3O/c22-18-19-10-9-17-20(11-12-21(17)18)13-14-5-7-16(8-6-14)15-3-1-2-4-15/h5-12,15H,1-4,13H2. The van der Waals surface area contributed by atoms with Crippen LogP contribution in [0, 0.1) is 0 Å². The predicted molar refractivity (Wildman–Crippen MR) is 86.2 cm³/mol. The number of imidazole rings is 1. The molecule has 0 aliphatic heterocycles. The number of hydrogen-bond acceptors (Lipinski definition) is 2. The summed E-state index contributed by atoms with van der Waals surface area (Å²) in [5.74, 6) is 0.756. The van der Waals surface area contributed by atoms with E-state index in [0.29, 0.717) is 0 Å². The van der Waals surface area contributed by atoms with Gasteiger partial charge in [-0.05, 0) is 36.0 Å². The summed E-state index contributed by atoms with van der Waals surface area (Å²) < 4.78 is 3.65. The van der Waals surface area contributed by atoms with Gasteiger partial charge in [-0.1, -0.05) is 37.1 Å². The number of benzene rings is 1. The molecule has 22 heavy (non-hydrogen) atoms. The summed E-state index contributed by atoms with van der Waals surface area (Å²) in [6.45, 7) is 0.769. The second-order valence-corrected chi connectivity index (χ2v) is 6.10. The first-order valence-corrected chi connectivity index (χ1v) is 7.92. The van der Waals surface area contributed by atoms with E-state index < -0.39 is 0 Å². The van der Waals surface area contributed by atoms with E-state index in [4.69, 9.17) is 0 Å². The van der Waals surface area contributed by atoms with Gasteiger partial charge in [0.25, 0.3) is 0 Å². The van der Waals surface area contributed by atoms with Gasteiger partial charge in [0.2, 0.25) is 0 Å². The van der Waals surface area contributed by atoms with Crippen LogP contribution in [-0.2, 0) is 6.54 Å². The fourth-order valence-electron chi connectivity index (χ4n) is 3.49. The van der Waals surface area contributed by atoms with E-state index >= 15 is 0 Å². The minimum Gasteiger partial charge on any atom is -0.328 e. The molecule has 4 heteroatoms. The number of aromatic nitrogens is 3. The van der Waals surface area contributed by atoms with Crippen LogP contribution in [0.3, 0.4) is 0 Å². The molecule has 2 aromatic heterocycles. The molecule has 0 radical (unpaired) electrons. The van der Waals surface area contributed by atoms with Crippen LogP contribution in [0.2, 0.25) is 0 Å². The van der Waals surface area contributed by atoms with Gasteiger partial charge in [0.1, 0.15) is 5.65 Å². The van der Waals surface area contributed by atoms with E-state index in [2.05, 4.69) is 33.8 Å². The summed E-state index contributed by atoms with van der Waals surface area (Å²) in [7, 11) is 0. The van der Waals surface area contributed by atoms with Crippen LogP contribution in [0.1, 0.15) is 42.7 Å². The van der Waals surface area contributed by atoms with Crippen molar-refractivity contribution >= 4 is 5.65 Å². The predicted octanol–water partition coefficient (Wildman–Crippen LogP) is 3.20. The van der Waals surface area contributed by atoms with Crippen LogP contribution < -0.4 is 5.69 Å². The number of fused-ring (bicyclic) bond motifs is 1. The van der Waals surface area contributed by atoms with Crippen molar-refractivity contribution in [1.82, 2.24) is 14.0 Å². The zero-order valence-electron chi connectivity index (χ0n) is 12.5. The molecular weight excluding hydrogens is 274 g/mol. The van der Waals surface area contributed by atoms with Gasteiger partial charge in [0, 0.05) is 25.1 Å². The van der Waals surface area contributed by atoms with Crippen molar-refractivity contribution in [2.24, 2.45) is 0 Å². The molecule has 1 saturated carbocycles. The molecule has 1 aliphatic carbocycles. The Morgan fingerprint density at radius 3 is 2.59 bits per heavy atom. The minimum atomic E-state index is -0.229. The fraction of sp³-hybridized carbons (Fsp3) is 0.333. The van der Waals surface area contributed by atoms with Gasteiger partial charge in [-0.3, -0.25) is 4.40 Å². The maximum Gasteiger partial charge on any atom is 0.353 e. The Morgan fingerprint density at radius 2 is 1.82 bits per heavy atom. The van der Waals surface area contributed by atoms with Crippen LogP contribution in [-0.4, -0.2) is 14.0 Å². The van der Waals surface area contributed by atoms with Crippen molar-refractivity contribution in [1.29, 1.82) is 0 Å². The number of rotatable bonds is 3. The molecule has 3 aromatic rings. The van der Waals surface area contributed by atoms with Crippen molar-refractivity contribution in [2.45, 2.75) is 38.1 Å². The molecule has 0 saturated heterocycles. The molecule has 112 valence electrons. The zero-order valence-corrected chi connectivity index (χ0v) is 12.5. The second kappa shape index (κ2) is 5.44. The fourth-order valence-corrected chi connectivity index (χ4v) is 3.49. The lowest BCUT2D eigenvalue weighted by Crippen LogP contribution is -2.15. The van der Waals surface area contributed by atoms with Crippen LogP contribution in [0.15, 0.2) is 53.7 Å². The van der Waals surface area contributed by atoms with Crippen LogP contribution in [0.4, 0.5) is 0 Å². The Morgan fingerprint density at radius 1 is 1.05 bits per heavy atom. The third-order valence-corrected chi connectivity index (χ3v) is 4.71. The lowest BCUT2D eigenvalue weighted by molar-refractivity contribution is 0.722. The van der Waals surface area contributed by atoms with Gasteiger partial charge in [-0.15, -0.1) is 0 Å². The highest BCUT2D eigenvalue weighted by Gasteiger charge is 2.16. The topological polar surface area (TPSA) is 39.3 Å². The molecule has 0 bridgehead atoms. The molecule has 2 heterocycles. The van der Waals surface area contributed by atoms with Gasteiger partial charge < -0.3 is 4.57 Å². The Balaban J connectivity index is 1.59. The molecule has 1 aromatic carbocycles. The average molecular weight is 293 g/mol. The first kappa shape index (κ1) is 13.3. The van der Waals surface area contributed by atoms with Gasteiger partial charge in [-0.2, -0.15) is 0 Å². The van der Waals surface area contributed by atoms with Crippen LogP contribution >= 0.6 is 0 Å². The Hall–Kier alpha value is -2.36. The van der Waals surface area contributed by atoms with E-state index in [-0.39, 0.29) is 5.69 Å². The van der Waals surface area contributed by atoms with Crippen molar-refractivity contribution in [3.63, 3.8) is 0 Å². The summed E-state index contributed by atoms with van der Waals surface area (Å²) in [5.41, 5.74) is 3.37. The van der Waals surface area contributed by atoms with E-state index in [9.17, 15) is 4.79 Å². The molecule has 4 nitrogen and oxygen atoms in total. The monoisotopic (exact) mass is 293 g/mol. The molecule has 0 N–H and O–H groups in total. The van der Waals surface area contributed by atoms with E-state index in [1.807, 2.05) is 12.3 Å². The van der Waals surface area contributed by atoms with Crippen molar-refractivity contribution in [3.05, 3.63) is 70.5 Å². The van der Waals surface area contributed by atoms with Crippen molar-refractivity contribution < 1.29 is 0 Å². The second-order valence-electron chi connectivity index (χ2n) is 6.10. The summed E-state index contributed by atoms with van der Waals surface area (Å²) in [6.07, 6.45) is 10.7. The lowest BCUT2D eigenvalue weighted by atomic mass is 9.97. The van der Waals surface area contributed by atoms with E-state index in [0.717, 1.165) is 18.1 Å². The normalized spacial score (nSPS) is 15.6. The maximum absolute atomic E-state index is 11.7. The largest absolute Gasteiger partial charge is 0.353 e. The highest BCUT2D eigenvalue weighted by atomic mass is 16.1. The summed E-state index contributed by atoms with van der Waals surface area (Å²) >= 11 is 0. The van der Waals surface area contributed by atoms with Crippen LogP contribution in [0.25, 0.3) is 5.65 Å². The van der Waals surface area contributed by atoms with Crippen molar-refractivity contribution in [2.75, 3.05) is 0 Å². The first-order chi connectivity index (χ1) is 10.8. The SMILES string of the molecule is O=c1nccc2n(Cc3ccc(C4CCCC4)cc3)ccn12. The highest BCUT2D eigenvalue weighted by Crippen LogP contribution is 2.34. The van der Waals surface area contributed by atoms with E-state index in [1.165, 1.54) is 36.8 Å². The molecule has 0 amide bonds. The molecular formula is C18H19N3O. The Labute approximate surface area is 129 Å². The highest BCUT2D eigenvalue weighted by molar-refractivity contribution is 5.39. The summed E-state index contributed by atoms with van der Waals surface area (Å²) in [6, 6.07) is 10.8. The first-order valence-electron chi connectivity index (χ1n) is 7.92. The Bertz CT molecular complexity index is 839. The lowest BCUT2D eigenvalue weighted by Gasteiger charge is -2.11.